The number of rotatable bonds is 3. The van der Waals surface area contributed by atoms with Crippen molar-refractivity contribution in [1.82, 2.24) is 4.90 Å². The third-order valence-corrected chi connectivity index (χ3v) is 2.80. The van der Waals surface area contributed by atoms with Crippen LogP contribution in [-0.4, -0.2) is 47.7 Å². The standard InChI is InChI=1S/C12H10ClNO6/c13-7-1-2-8(9(15)5-7)11(17)20-6-10(16)14-3-4-19-12(14)18/h1-2,5,15H,3-4,6H2. The van der Waals surface area contributed by atoms with Crippen LogP contribution in [0.2, 0.25) is 5.02 Å². The molecule has 1 saturated heterocycles. The molecule has 1 fully saturated rings. The molecule has 1 aromatic carbocycles. The first-order valence-corrected chi connectivity index (χ1v) is 5.99. The average Bonchev–Trinajstić information content (AvgIpc) is 2.82. The van der Waals surface area contributed by atoms with Crippen molar-refractivity contribution in [2.75, 3.05) is 19.8 Å². The van der Waals surface area contributed by atoms with Gasteiger partial charge in [-0.05, 0) is 18.2 Å². The van der Waals surface area contributed by atoms with Crippen LogP contribution in [0.1, 0.15) is 10.4 Å². The summed E-state index contributed by atoms with van der Waals surface area (Å²) in [6.45, 7) is -0.367. The Bertz CT molecular complexity index is 573. The zero-order chi connectivity index (χ0) is 14.7. The van der Waals surface area contributed by atoms with Crippen molar-refractivity contribution in [3.05, 3.63) is 28.8 Å². The Kier molecular flexibility index (Phi) is 4.09. The van der Waals surface area contributed by atoms with Crippen molar-refractivity contribution < 1.29 is 29.0 Å². The molecule has 0 aliphatic carbocycles. The second-order valence-corrected chi connectivity index (χ2v) is 4.33. The largest absolute Gasteiger partial charge is 0.507 e. The van der Waals surface area contributed by atoms with Crippen LogP contribution in [0.15, 0.2) is 18.2 Å². The summed E-state index contributed by atoms with van der Waals surface area (Å²) in [4.78, 5) is 35.2. The Morgan fingerprint density at radius 3 is 2.80 bits per heavy atom. The Hall–Kier alpha value is -2.28. The van der Waals surface area contributed by atoms with Gasteiger partial charge in [0.15, 0.2) is 6.61 Å². The van der Waals surface area contributed by atoms with Gasteiger partial charge in [-0.1, -0.05) is 11.6 Å². The van der Waals surface area contributed by atoms with Crippen molar-refractivity contribution in [2.45, 2.75) is 0 Å². The number of carbonyl (C=O) groups is 3. The van der Waals surface area contributed by atoms with Gasteiger partial charge in [0.2, 0.25) is 0 Å². The molecule has 1 N–H and O–H groups in total. The lowest BCUT2D eigenvalue weighted by atomic mass is 10.2. The number of hydrogen-bond acceptors (Lipinski definition) is 6. The molecule has 0 unspecified atom stereocenters. The summed E-state index contributed by atoms with van der Waals surface area (Å²) in [6, 6.07) is 3.85. The van der Waals surface area contributed by atoms with Crippen molar-refractivity contribution in [2.24, 2.45) is 0 Å². The van der Waals surface area contributed by atoms with Crippen LogP contribution in [0.5, 0.6) is 5.75 Å². The lowest BCUT2D eigenvalue weighted by Gasteiger charge is -2.11. The highest BCUT2D eigenvalue weighted by molar-refractivity contribution is 6.30. The number of phenols is 1. The van der Waals surface area contributed by atoms with E-state index in [2.05, 4.69) is 4.74 Å². The fraction of sp³-hybridized carbons (Fsp3) is 0.250. The highest BCUT2D eigenvalue weighted by Gasteiger charge is 2.29. The van der Waals surface area contributed by atoms with Crippen LogP contribution in [-0.2, 0) is 14.3 Å². The van der Waals surface area contributed by atoms with Gasteiger partial charge >= 0.3 is 12.1 Å². The number of aromatic hydroxyl groups is 1. The number of halogens is 1. The molecule has 0 radical (unpaired) electrons. The van der Waals surface area contributed by atoms with Gasteiger partial charge in [-0.3, -0.25) is 4.79 Å². The third kappa shape index (κ3) is 3.00. The minimum absolute atomic E-state index is 0.119. The normalized spacial score (nSPS) is 14.1. The Morgan fingerprint density at radius 1 is 1.45 bits per heavy atom. The molecule has 20 heavy (non-hydrogen) atoms. The zero-order valence-electron chi connectivity index (χ0n) is 10.2. The molecule has 2 rings (SSSR count). The Labute approximate surface area is 118 Å². The second-order valence-electron chi connectivity index (χ2n) is 3.90. The number of hydrogen-bond donors (Lipinski definition) is 1. The fourth-order valence-electron chi connectivity index (χ4n) is 1.58. The molecule has 1 aliphatic rings. The molecule has 1 aromatic rings. The molecular weight excluding hydrogens is 290 g/mol. The summed E-state index contributed by atoms with van der Waals surface area (Å²) in [5.74, 6) is -1.93. The Morgan fingerprint density at radius 2 is 2.20 bits per heavy atom. The van der Waals surface area contributed by atoms with Crippen LogP contribution in [0.25, 0.3) is 0 Å². The number of amides is 2. The smallest absolute Gasteiger partial charge is 0.416 e. The van der Waals surface area contributed by atoms with Gasteiger partial charge in [0, 0.05) is 5.02 Å². The van der Waals surface area contributed by atoms with E-state index in [9.17, 15) is 19.5 Å². The monoisotopic (exact) mass is 299 g/mol. The van der Waals surface area contributed by atoms with Crippen molar-refractivity contribution in [3.8, 4) is 5.75 Å². The van der Waals surface area contributed by atoms with Gasteiger partial charge in [0.1, 0.15) is 17.9 Å². The number of cyclic esters (lactones) is 1. The quantitative estimate of drug-likeness (QED) is 0.842. The molecule has 0 spiro atoms. The molecule has 0 bridgehead atoms. The first kappa shape index (κ1) is 14.1. The summed E-state index contributed by atoms with van der Waals surface area (Å²) in [7, 11) is 0. The molecule has 0 saturated carbocycles. The molecule has 1 aliphatic heterocycles. The number of phenolic OH excluding ortho intramolecular Hbond substituents is 1. The highest BCUT2D eigenvalue weighted by atomic mass is 35.5. The number of carbonyl (C=O) groups excluding carboxylic acids is 3. The van der Waals surface area contributed by atoms with E-state index >= 15 is 0 Å². The SMILES string of the molecule is O=C(OCC(=O)N1CCOC1=O)c1ccc(Cl)cc1O. The maximum Gasteiger partial charge on any atom is 0.416 e. The van der Waals surface area contributed by atoms with Crippen LogP contribution in [0, 0.1) is 0 Å². The lowest BCUT2D eigenvalue weighted by molar-refractivity contribution is -0.131. The van der Waals surface area contributed by atoms with Gasteiger partial charge in [0.25, 0.3) is 5.91 Å². The van der Waals surface area contributed by atoms with E-state index in [1.54, 1.807) is 0 Å². The van der Waals surface area contributed by atoms with E-state index < -0.39 is 24.6 Å². The van der Waals surface area contributed by atoms with E-state index in [1.165, 1.54) is 18.2 Å². The fourth-order valence-corrected chi connectivity index (χ4v) is 1.75. The lowest BCUT2D eigenvalue weighted by Crippen LogP contribution is -2.35. The molecule has 1 heterocycles. The van der Waals surface area contributed by atoms with Crippen LogP contribution in [0.4, 0.5) is 4.79 Å². The molecule has 0 aromatic heterocycles. The predicted molar refractivity (Wildman–Crippen MR) is 66.5 cm³/mol. The van der Waals surface area contributed by atoms with E-state index in [0.717, 1.165) is 4.90 Å². The second kappa shape index (κ2) is 5.79. The summed E-state index contributed by atoms with van der Waals surface area (Å²) < 4.78 is 9.31. The van der Waals surface area contributed by atoms with Crippen molar-refractivity contribution >= 4 is 29.6 Å². The van der Waals surface area contributed by atoms with Gasteiger partial charge in [-0.2, -0.15) is 0 Å². The van der Waals surface area contributed by atoms with Crippen LogP contribution < -0.4 is 0 Å². The zero-order valence-corrected chi connectivity index (χ0v) is 10.9. The molecule has 8 heteroatoms. The number of ether oxygens (including phenoxy) is 2. The minimum Gasteiger partial charge on any atom is -0.507 e. The number of nitrogens with zero attached hydrogens (tertiary/aromatic N) is 1. The molecule has 2 amide bonds. The van der Waals surface area contributed by atoms with E-state index in [1.807, 2.05) is 0 Å². The predicted octanol–water partition coefficient (Wildman–Crippen LogP) is 1.18. The average molecular weight is 300 g/mol. The summed E-state index contributed by atoms with van der Waals surface area (Å²) in [5, 5.41) is 9.79. The van der Waals surface area contributed by atoms with Gasteiger partial charge < -0.3 is 14.6 Å². The molecular formula is C12H10ClNO6. The third-order valence-electron chi connectivity index (χ3n) is 2.57. The number of benzene rings is 1. The maximum atomic E-state index is 11.7. The topological polar surface area (TPSA) is 93.1 Å². The summed E-state index contributed by atoms with van der Waals surface area (Å²) >= 11 is 5.63. The first-order chi connectivity index (χ1) is 9.49. The van der Waals surface area contributed by atoms with Crippen LogP contribution >= 0.6 is 11.6 Å². The van der Waals surface area contributed by atoms with Gasteiger partial charge in [-0.15, -0.1) is 0 Å². The maximum absolute atomic E-state index is 11.7. The van der Waals surface area contributed by atoms with Gasteiger partial charge in [0.05, 0.1) is 6.54 Å². The number of esters is 1. The number of imide groups is 1. The van der Waals surface area contributed by atoms with Crippen molar-refractivity contribution in [1.29, 1.82) is 0 Å². The van der Waals surface area contributed by atoms with E-state index in [0.29, 0.717) is 0 Å². The minimum atomic E-state index is -0.889. The van der Waals surface area contributed by atoms with Crippen LogP contribution in [0.3, 0.4) is 0 Å². The first-order valence-electron chi connectivity index (χ1n) is 5.62. The molecule has 7 nitrogen and oxygen atoms in total. The van der Waals surface area contributed by atoms with E-state index in [-0.39, 0.29) is 29.5 Å². The van der Waals surface area contributed by atoms with Gasteiger partial charge in [-0.25, -0.2) is 14.5 Å². The summed E-state index contributed by atoms with van der Waals surface area (Å²) in [6.07, 6.45) is -0.764. The Balaban J connectivity index is 1.95. The summed E-state index contributed by atoms with van der Waals surface area (Å²) in [5.41, 5.74) is -0.119. The highest BCUT2D eigenvalue weighted by Crippen LogP contribution is 2.22. The molecule has 106 valence electrons. The van der Waals surface area contributed by atoms with E-state index in [4.69, 9.17) is 16.3 Å². The van der Waals surface area contributed by atoms with Crippen molar-refractivity contribution in [3.63, 3.8) is 0 Å². The molecule has 0 atom stereocenters.